The van der Waals surface area contributed by atoms with Crippen LogP contribution >= 0.6 is 0 Å². The van der Waals surface area contributed by atoms with Crippen molar-refractivity contribution in [3.8, 4) is 11.5 Å². The number of hydrogen-bond acceptors (Lipinski definition) is 17. The van der Waals surface area contributed by atoms with Gasteiger partial charge in [-0.25, -0.2) is 4.98 Å². The molecule has 22 heteroatoms. The molecule has 0 bridgehead atoms. The van der Waals surface area contributed by atoms with Crippen molar-refractivity contribution in [1.29, 1.82) is 0 Å². The number of aryl methyl sites for hydroxylation is 1. The van der Waals surface area contributed by atoms with Gasteiger partial charge in [0, 0.05) is 121 Å². The Bertz CT molecular complexity index is 2710. The van der Waals surface area contributed by atoms with E-state index in [-0.39, 0.29) is 42.5 Å². The molecule has 7 aliphatic rings. The average molecular weight is 1010 g/mol. The Labute approximate surface area is 429 Å². The van der Waals surface area contributed by atoms with Crippen molar-refractivity contribution in [3.63, 3.8) is 0 Å². The monoisotopic (exact) mass is 1010 g/mol. The molecule has 2 aliphatic carbocycles. The smallest absolute Gasteiger partial charge is 0.262 e. The summed E-state index contributed by atoms with van der Waals surface area (Å²) in [4.78, 5) is 100. The first kappa shape index (κ1) is 49.4. The third kappa shape index (κ3) is 10.6. The third-order valence-electron chi connectivity index (χ3n) is 16.9. The quantitative estimate of drug-likeness (QED) is 0.162. The number of fused-ring (bicyclic) bond motifs is 1. The summed E-state index contributed by atoms with van der Waals surface area (Å²) in [6.45, 7) is 9.24. The van der Waals surface area contributed by atoms with Crippen molar-refractivity contribution in [2.75, 3.05) is 87.5 Å². The number of nitrogens with zero attached hydrogens (tertiary/aromatic N) is 12. The number of hydrogen-bond donors (Lipinski definition) is 3. The Morgan fingerprint density at radius 1 is 0.757 bits per heavy atom. The first-order valence-corrected chi connectivity index (χ1v) is 26.8. The Balaban J connectivity index is 0.567. The minimum absolute atomic E-state index is 0.000241. The number of piperidine rings is 2. The summed E-state index contributed by atoms with van der Waals surface area (Å²) >= 11 is 0. The molecule has 74 heavy (non-hydrogen) atoms. The number of carbonyl (C=O) groups is 6. The number of benzene rings is 1. The summed E-state index contributed by atoms with van der Waals surface area (Å²) in [5.41, 5.74) is 2.92. The lowest BCUT2D eigenvalue weighted by atomic mass is 9.80. The summed E-state index contributed by atoms with van der Waals surface area (Å²) < 4.78 is 7.23. The zero-order valence-corrected chi connectivity index (χ0v) is 42.2. The summed E-state index contributed by atoms with van der Waals surface area (Å²) in [7, 11) is 1.86. The third-order valence-corrected chi connectivity index (χ3v) is 16.9. The van der Waals surface area contributed by atoms with E-state index < -0.39 is 29.7 Å². The second kappa shape index (κ2) is 21.6. The van der Waals surface area contributed by atoms with E-state index in [1.165, 1.54) is 6.39 Å². The maximum absolute atomic E-state index is 13.8. The number of nitrogens with one attached hydrogen (secondary N) is 3. The van der Waals surface area contributed by atoms with E-state index in [2.05, 4.69) is 60.7 Å². The number of likely N-dealkylation sites (tertiary alicyclic amines) is 1. The normalized spacial score (nSPS) is 25.6. The van der Waals surface area contributed by atoms with E-state index in [0.717, 1.165) is 159 Å². The van der Waals surface area contributed by atoms with Gasteiger partial charge in [-0.15, -0.1) is 10.2 Å². The molecular weight excluding hydrogens is 947 g/mol. The van der Waals surface area contributed by atoms with Crippen LogP contribution in [0.5, 0.6) is 0 Å². The predicted octanol–water partition coefficient (Wildman–Crippen LogP) is 3.53. The van der Waals surface area contributed by atoms with Crippen LogP contribution in [-0.2, 0) is 26.2 Å². The van der Waals surface area contributed by atoms with E-state index in [0.29, 0.717) is 46.3 Å². The van der Waals surface area contributed by atoms with Crippen LogP contribution in [0, 0.1) is 17.8 Å². The topological polar surface area (TPSA) is 240 Å². The van der Waals surface area contributed by atoms with Gasteiger partial charge in [0.1, 0.15) is 11.9 Å². The van der Waals surface area contributed by atoms with Gasteiger partial charge in [0.2, 0.25) is 36.0 Å². The van der Waals surface area contributed by atoms with E-state index in [1.54, 1.807) is 29.2 Å². The fraction of sp³-hybridized carbons (Fsp3) is 0.596. The molecule has 4 saturated heterocycles. The molecular formula is C52H67N15O7. The number of imide groups is 2. The van der Waals surface area contributed by atoms with Gasteiger partial charge in [0.15, 0.2) is 0 Å². The van der Waals surface area contributed by atoms with Crippen LogP contribution in [0.2, 0.25) is 0 Å². The highest BCUT2D eigenvalue weighted by atomic mass is 16.4. The largest absolute Gasteiger partial charge is 0.423 e. The lowest BCUT2D eigenvalue weighted by molar-refractivity contribution is -0.143. The van der Waals surface area contributed by atoms with E-state index in [9.17, 15) is 28.8 Å². The van der Waals surface area contributed by atoms with Crippen LogP contribution in [-0.4, -0.2) is 180 Å². The van der Waals surface area contributed by atoms with Crippen molar-refractivity contribution < 1.29 is 33.2 Å². The molecule has 0 radical (unpaired) electrons. The van der Waals surface area contributed by atoms with Crippen molar-refractivity contribution >= 4 is 58.6 Å². The molecule has 1 unspecified atom stereocenters. The highest BCUT2D eigenvalue weighted by Gasteiger charge is 2.45. The SMILES string of the molecule is Cn1cc(Nc2ncc(-c3nnco3)c(NC3CCC(N4CCN(C(=O)C5CCC(C(=O)N6CCC(CCN7CCN(c8ccc9c(c8)C(=O)N(C8CCC(=O)NC8=O)C9=O)CC7)CC6)CC5)CC4)CC3)n2)cn1. The maximum atomic E-state index is 13.8. The Morgan fingerprint density at radius 3 is 2.12 bits per heavy atom. The van der Waals surface area contributed by atoms with Crippen LogP contribution in [0.4, 0.5) is 23.1 Å². The summed E-state index contributed by atoms with van der Waals surface area (Å²) in [5, 5.41) is 21.3. The van der Waals surface area contributed by atoms with Gasteiger partial charge in [0.25, 0.3) is 17.7 Å². The zero-order chi connectivity index (χ0) is 50.9. The highest BCUT2D eigenvalue weighted by Crippen LogP contribution is 2.36. The summed E-state index contributed by atoms with van der Waals surface area (Å²) in [6.07, 6.45) is 17.1. The number of piperazine rings is 2. The van der Waals surface area contributed by atoms with Gasteiger partial charge in [-0.2, -0.15) is 10.1 Å². The van der Waals surface area contributed by atoms with Crippen LogP contribution in [0.1, 0.15) is 104 Å². The van der Waals surface area contributed by atoms with Gasteiger partial charge in [-0.1, -0.05) is 0 Å². The predicted molar refractivity (Wildman–Crippen MR) is 271 cm³/mol. The number of rotatable bonds is 13. The number of aromatic nitrogens is 6. The second-order valence-corrected chi connectivity index (χ2v) is 21.4. The van der Waals surface area contributed by atoms with Gasteiger partial charge in [-0.3, -0.25) is 53.5 Å². The molecule has 3 N–H and O–H groups in total. The molecule has 22 nitrogen and oxygen atoms in total. The van der Waals surface area contributed by atoms with Crippen LogP contribution < -0.4 is 20.9 Å². The van der Waals surface area contributed by atoms with Crippen molar-refractivity contribution in [2.45, 2.75) is 102 Å². The van der Waals surface area contributed by atoms with Gasteiger partial charge in [-0.05, 0) is 108 Å². The molecule has 8 heterocycles. The van der Waals surface area contributed by atoms with Crippen molar-refractivity contribution in [2.24, 2.45) is 24.8 Å². The van der Waals surface area contributed by atoms with E-state index in [4.69, 9.17) is 9.40 Å². The molecule has 1 aromatic carbocycles. The van der Waals surface area contributed by atoms with E-state index in [1.807, 2.05) is 19.3 Å². The molecule has 392 valence electrons. The average Bonchev–Trinajstić information content (AvgIpc) is 4.19. The molecule has 6 fully saturated rings. The van der Waals surface area contributed by atoms with Crippen molar-refractivity contribution in [3.05, 3.63) is 54.3 Å². The number of carbonyl (C=O) groups excluding carboxylic acids is 6. The summed E-state index contributed by atoms with van der Waals surface area (Å²) in [6, 6.07) is 5.05. The van der Waals surface area contributed by atoms with Gasteiger partial charge < -0.3 is 29.8 Å². The number of anilines is 4. The van der Waals surface area contributed by atoms with Gasteiger partial charge >= 0.3 is 0 Å². The molecule has 3 aromatic heterocycles. The lowest BCUT2D eigenvalue weighted by Gasteiger charge is -2.43. The Hall–Kier alpha value is -6.81. The van der Waals surface area contributed by atoms with Crippen LogP contribution in [0.3, 0.4) is 0 Å². The van der Waals surface area contributed by atoms with Crippen LogP contribution in [0.15, 0.2) is 47.6 Å². The standard InChI is InChI=1S/C52H67N15O7/c1-61-31-37(29-55-61)57-52-53-30-42(47-60-54-32-74-47)45(59-52)56-36-6-8-38(9-7-36)63-24-26-66(27-25-63)49(71)35-4-2-34(3-5-35)48(70)65-18-15-33(16-19-65)14-17-62-20-22-64(23-21-62)39-10-11-40-41(28-39)51(73)67(50(40)72)43-12-13-44(68)58-46(43)69/h10-11,28-36,38,43H,2-9,12-27H2,1H3,(H,58,68,69)(H2,53,56,57,59). The molecule has 5 aliphatic heterocycles. The van der Waals surface area contributed by atoms with Crippen molar-refractivity contribution in [1.82, 2.24) is 59.8 Å². The minimum Gasteiger partial charge on any atom is -0.423 e. The first-order chi connectivity index (χ1) is 36.0. The fourth-order valence-corrected chi connectivity index (χ4v) is 12.5. The van der Waals surface area contributed by atoms with Crippen LogP contribution in [0.25, 0.3) is 11.5 Å². The molecule has 0 spiro atoms. The molecule has 4 aromatic rings. The second-order valence-electron chi connectivity index (χ2n) is 21.4. The first-order valence-electron chi connectivity index (χ1n) is 26.8. The lowest BCUT2D eigenvalue weighted by Crippen LogP contribution is -2.54. The number of amides is 6. The Morgan fingerprint density at radius 2 is 1.46 bits per heavy atom. The fourth-order valence-electron chi connectivity index (χ4n) is 12.5. The summed E-state index contributed by atoms with van der Waals surface area (Å²) in [5.74, 6) is 0.590. The van der Waals surface area contributed by atoms with E-state index >= 15 is 0 Å². The van der Waals surface area contributed by atoms with Gasteiger partial charge in [0.05, 0.1) is 28.6 Å². The minimum atomic E-state index is -0.978. The highest BCUT2D eigenvalue weighted by molar-refractivity contribution is 6.23. The molecule has 1 atom stereocenters. The molecule has 6 amide bonds. The zero-order valence-electron chi connectivity index (χ0n) is 42.2. The Kier molecular flexibility index (Phi) is 14.4. The maximum Gasteiger partial charge on any atom is 0.262 e. The molecule has 2 saturated carbocycles. The molecule has 11 rings (SSSR count).